The Labute approximate surface area is 245 Å². The number of hydrogen-bond donors (Lipinski definition) is 0. The lowest BCUT2D eigenvalue weighted by Crippen LogP contribution is -2.55. The second-order valence-corrected chi connectivity index (χ2v) is 9.60. The summed E-state index contributed by atoms with van der Waals surface area (Å²) in [6, 6.07) is 7.07. The molecule has 0 saturated carbocycles. The second kappa shape index (κ2) is 16.0. The molecular weight excluding hydrogens is 625 g/mol. The van der Waals surface area contributed by atoms with Gasteiger partial charge in [-0.25, -0.2) is 19.4 Å². The number of hydrogen-bond acceptors (Lipinski definition) is 6. The molecule has 6 nitrogen and oxygen atoms in total. The van der Waals surface area contributed by atoms with Gasteiger partial charge in [0, 0.05) is 12.2 Å². The summed E-state index contributed by atoms with van der Waals surface area (Å²) in [5, 5.41) is 0. The summed E-state index contributed by atoms with van der Waals surface area (Å²) in [5.41, 5.74) is 1.56. The lowest BCUT2D eigenvalue weighted by molar-refractivity contribution is -0.537. The van der Waals surface area contributed by atoms with Gasteiger partial charge in [0.1, 0.15) is 6.61 Å². The van der Waals surface area contributed by atoms with Gasteiger partial charge in [0.2, 0.25) is 0 Å². The van der Waals surface area contributed by atoms with Gasteiger partial charge in [0.15, 0.2) is 11.6 Å². The topological polar surface area (TPSA) is 62.7 Å². The lowest BCUT2D eigenvalue weighted by Gasteiger charge is -2.31. The van der Waals surface area contributed by atoms with E-state index in [1.165, 1.54) is 6.42 Å². The molecule has 0 N–H and O–H groups in total. The van der Waals surface area contributed by atoms with Crippen LogP contribution in [-0.2, 0) is 20.6 Å². The molecule has 0 fully saturated rings. The van der Waals surface area contributed by atoms with Crippen molar-refractivity contribution in [3.63, 3.8) is 0 Å². The van der Waals surface area contributed by atoms with Crippen LogP contribution in [0.2, 0.25) is 0 Å². The predicted octanol–water partition coefficient (Wildman–Crippen LogP) is 8.80. The van der Waals surface area contributed by atoms with E-state index >= 15 is 0 Å². The zero-order valence-electron chi connectivity index (χ0n) is 23.4. The van der Waals surface area contributed by atoms with E-state index in [9.17, 15) is 48.3 Å². The van der Waals surface area contributed by atoms with E-state index in [4.69, 9.17) is 4.74 Å². The minimum Gasteiger partial charge on any atom is -0.490 e. The molecule has 0 aliphatic carbocycles. The Morgan fingerprint density at radius 2 is 1.20 bits per heavy atom. The van der Waals surface area contributed by atoms with Gasteiger partial charge in [0.05, 0.1) is 19.0 Å². The molecule has 250 valence electrons. The third-order valence-corrected chi connectivity index (χ3v) is 5.83. The molecule has 2 aromatic rings. The molecule has 0 saturated heterocycles. The summed E-state index contributed by atoms with van der Waals surface area (Å²) in [5.74, 6) is 1.02. The van der Waals surface area contributed by atoms with Gasteiger partial charge >= 0.3 is 30.6 Å². The van der Waals surface area contributed by atoms with Gasteiger partial charge in [-0.3, -0.25) is 0 Å². The first-order valence-electron chi connectivity index (χ1n) is 13.5. The first-order valence-corrected chi connectivity index (χ1v) is 13.5. The molecule has 17 heteroatoms. The lowest BCUT2D eigenvalue weighted by atomic mass is 10.1. The molecule has 0 aliphatic rings. The number of rotatable bonds is 20. The Hall–Kier alpha value is -2.79. The van der Waals surface area contributed by atoms with Crippen molar-refractivity contribution in [1.29, 1.82) is 0 Å². The quantitative estimate of drug-likeness (QED) is 0.105. The Morgan fingerprint density at radius 3 is 1.80 bits per heavy atom. The van der Waals surface area contributed by atoms with E-state index in [0.29, 0.717) is 31.0 Å². The van der Waals surface area contributed by atoms with Crippen molar-refractivity contribution in [3.05, 3.63) is 42.2 Å². The van der Waals surface area contributed by atoms with Crippen molar-refractivity contribution in [1.82, 2.24) is 9.97 Å². The maximum Gasteiger partial charge on any atom is 0.483 e. The molecule has 44 heavy (non-hydrogen) atoms. The van der Waals surface area contributed by atoms with Crippen molar-refractivity contribution < 1.29 is 67.2 Å². The summed E-state index contributed by atoms with van der Waals surface area (Å²) in [4.78, 5) is 8.57. The first kappa shape index (κ1) is 37.4. The van der Waals surface area contributed by atoms with Gasteiger partial charge < -0.3 is 9.47 Å². The van der Waals surface area contributed by atoms with Crippen LogP contribution in [0.1, 0.15) is 57.4 Å². The number of nitrogens with zero attached hydrogens (tertiary/aromatic N) is 2. The second-order valence-electron chi connectivity index (χ2n) is 9.60. The molecule has 1 aromatic heterocycles. The minimum absolute atomic E-state index is 0.106. The average Bonchev–Trinajstić information content (AvgIpc) is 2.91. The monoisotopic (exact) mass is 656 g/mol. The highest BCUT2D eigenvalue weighted by Gasteiger charge is 2.72. The van der Waals surface area contributed by atoms with Crippen LogP contribution in [-0.4, -0.2) is 60.4 Å². The normalized spacial score (nSPS) is 13.4. The molecule has 1 aromatic carbocycles. The highest BCUT2D eigenvalue weighted by atomic mass is 19.4. The number of aryl methyl sites for hydroxylation is 1. The molecule has 0 amide bonds. The molecule has 0 unspecified atom stereocenters. The third-order valence-electron chi connectivity index (χ3n) is 5.83. The SMILES string of the molecule is CCCCCCCOc1cnc(-c2ccc(CCCCOCC(F)(F)OC(F)(F)C(F)(F)OC(F)(F)C(F)(F)F)cc2)nc1. The van der Waals surface area contributed by atoms with Crippen LogP contribution in [0, 0.1) is 0 Å². The molecule has 0 bridgehead atoms. The minimum atomic E-state index is -6.83. The highest BCUT2D eigenvalue weighted by Crippen LogP contribution is 2.47. The molecule has 0 spiro atoms. The largest absolute Gasteiger partial charge is 0.490 e. The van der Waals surface area contributed by atoms with Crippen LogP contribution in [0.4, 0.5) is 48.3 Å². The van der Waals surface area contributed by atoms with E-state index in [2.05, 4.69) is 26.4 Å². The number of aromatic nitrogens is 2. The fourth-order valence-corrected chi connectivity index (χ4v) is 3.53. The van der Waals surface area contributed by atoms with Gasteiger partial charge in [0.25, 0.3) is 0 Å². The van der Waals surface area contributed by atoms with Gasteiger partial charge in [-0.05, 0) is 31.2 Å². The maximum atomic E-state index is 13.6. The fraction of sp³-hybridized carbons (Fsp3) is 0.630. The number of unbranched alkanes of at least 4 members (excludes halogenated alkanes) is 5. The molecule has 0 radical (unpaired) electrons. The average molecular weight is 657 g/mol. The standard InChI is InChI=1S/C27H31F11N2O4/c1-2-3-4-5-7-15-42-21-16-39-22(40-17-21)20-12-10-19(11-13-20)9-6-8-14-41-18-23(28,29)43-26(35,36)27(37,38)44-25(33,34)24(30,31)32/h10-13,16-17H,2-9,14-15,18H2,1H3. The zero-order valence-corrected chi connectivity index (χ0v) is 23.4. The molecule has 2 rings (SSSR count). The van der Waals surface area contributed by atoms with Crippen molar-refractivity contribution >= 4 is 0 Å². The Balaban J connectivity index is 1.72. The van der Waals surface area contributed by atoms with Crippen LogP contribution >= 0.6 is 0 Å². The molecular formula is C27H31F11N2O4. The third kappa shape index (κ3) is 12.0. The Bertz CT molecular complexity index is 1120. The van der Waals surface area contributed by atoms with Crippen molar-refractivity contribution in [3.8, 4) is 17.1 Å². The van der Waals surface area contributed by atoms with Gasteiger partial charge in [-0.1, -0.05) is 56.9 Å². The Kier molecular flexibility index (Phi) is 13.6. The molecule has 0 atom stereocenters. The number of alkyl halides is 11. The first-order chi connectivity index (χ1) is 20.4. The van der Waals surface area contributed by atoms with Gasteiger partial charge in [-0.15, -0.1) is 0 Å². The smallest absolute Gasteiger partial charge is 0.483 e. The predicted molar refractivity (Wildman–Crippen MR) is 133 cm³/mol. The molecule has 1 heterocycles. The van der Waals surface area contributed by atoms with E-state index in [1.807, 2.05) is 4.74 Å². The van der Waals surface area contributed by atoms with Crippen molar-refractivity contribution in [2.24, 2.45) is 0 Å². The van der Waals surface area contributed by atoms with Crippen molar-refractivity contribution in [2.45, 2.75) is 88.9 Å². The number of halogens is 11. The van der Waals surface area contributed by atoms with Crippen LogP contribution in [0.5, 0.6) is 5.75 Å². The zero-order chi connectivity index (χ0) is 33.1. The van der Waals surface area contributed by atoms with E-state index in [1.54, 1.807) is 36.7 Å². The van der Waals surface area contributed by atoms with E-state index < -0.39 is 43.8 Å². The summed E-state index contributed by atoms with van der Waals surface area (Å²) < 4.78 is 156. The molecule has 0 aliphatic heterocycles. The van der Waals surface area contributed by atoms with Crippen molar-refractivity contribution in [2.75, 3.05) is 19.8 Å². The maximum absolute atomic E-state index is 13.6. The summed E-state index contributed by atoms with van der Waals surface area (Å²) in [6.45, 7) is 0.223. The van der Waals surface area contributed by atoms with Crippen LogP contribution in [0.25, 0.3) is 11.4 Å². The number of ether oxygens (including phenoxy) is 4. The van der Waals surface area contributed by atoms with E-state index in [0.717, 1.165) is 36.8 Å². The van der Waals surface area contributed by atoms with Crippen LogP contribution in [0.15, 0.2) is 36.7 Å². The fourth-order valence-electron chi connectivity index (χ4n) is 3.53. The van der Waals surface area contributed by atoms with Gasteiger partial charge in [-0.2, -0.15) is 48.3 Å². The summed E-state index contributed by atoms with van der Waals surface area (Å²) in [6.07, 6.45) is -22.6. The van der Waals surface area contributed by atoms with Crippen LogP contribution in [0.3, 0.4) is 0 Å². The highest BCUT2D eigenvalue weighted by molar-refractivity contribution is 5.55. The number of benzene rings is 1. The summed E-state index contributed by atoms with van der Waals surface area (Å²) >= 11 is 0. The summed E-state index contributed by atoms with van der Waals surface area (Å²) in [7, 11) is 0. The van der Waals surface area contributed by atoms with Crippen LogP contribution < -0.4 is 4.74 Å². The van der Waals surface area contributed by atoms with E-state index in [-0.39, 0.29) is 6.42 Å². The Morgan fingerprint density at radius 1 is 0.636 bits per heavy atom.